The maximum atomic E-state index is 4.24. The molecule has 1 rings (SSSR count). The molecule has 56 valence electrons. The van der Waals surface area contributed by atoms with Gasteiger partial charge in [-0.1, -0.05) is 6.92 Å². The van der Waals surface area contributed by atoms with E-state index >= 15 is 0 Å². The van der Waals surface area contributed by atoms with E-state index in [9.17, 15) is 0 Å². The van der Waals surface area contributed by atoms with E-state index in [-0.39, 0.29) is 0 Å². The Kier molecular flexibility index (Phi) is 2.10. The highest BCUT2D eigenvalue weighted by molar-refractivity contribution is 5.81. The van der Waals surface area contributed by atoms with Crippen molar-refractivity contribution in [3.05, 3.63) is 11.8 Å². The number of aliphatic imine (C=N–C) groups is 1. The minimum atomic E-state index is 1.05. The van der Waals surface area contributed by atoms with Gasteiger partial charge in [0.2, 0.25) is 0 Å². The third-order valence-corrected chi connectivity index (χ3v) is 1.88. The Morgan fingerprint density at radius 2 is 2.40 bits per heavy atom. The summed E-state index contributed by atoms with van der Waals surface area (Å²) < 4.78 is 0. The van der Waals surface area contributed by atoms with E-state index in [1.165, 1.54) is 5.57 Å². The molecule has 0 aromatic carbocycles. The minimum absolute atomic E-state index is 1.05. The zero-order valence-corrected chi connectivity index (χ0v) is 6.89. The maximum absolute atomic E-state index is 4.24. The lowest BCUT2D eigenvalue weighted by Crippen LogP contribution is -2.28. The van der Waals surface area contributed by atoms with Gasteiger partial charge in [-0.3, -0.25) is 0 Å². The highest BCUT2D eigenvalue weighted by Gasteiger charge is 2.06. The van der Waals surface area contributed by atoms with Crippen LogP contribution < -0.4 is 0 Å². The Labute approximate surface area is 62.3 Å². The Morgan fingerprint density at radius 1 is 1.70 bits per heavy atom. The second kappa shape index (κ2) is 2.86. The van der Waals surface area contributed by atoms with Gasteiger partial charge >= 0.3 is 0 Å². The zero-order valence-electron chi connectivity index (χ0n) is 6.89. The van der Waals surface area contributed by atoms with E-state index in [4.69, 9.17) is 0 Å². The van der Waals surface area contributed by atoms with Gasteiger partial charge in [0.25, 0.3) is 0 Å². The average molecular weight is 138 g/mol. The summed E-state index contributed by atoms with van der Waals surface area (Å²) in [5.74, 6) is 1.11. The first-order chi connectivity index (χ1) is 4.74. The third-order valence-electron chi connectivity index (χ3n) is 1.88. The van der Waals surface area contributed by atoms with Crippen LogP contribution in [-0.2, 0) is 0 Å². The highest BCUT2D eigenvalue weighted by Crippen LogP contribution is 2.08. The fourth-order valence-corrected chi connectivity index (χ4v) is 0.946. The molecule has 0 N–H and O–H groups in total. The van der Waals surface area contributed by atoms with Crippen LogP contribution in [0.4, 0.5) is 0 Å². The molecule has 0 spiro atoms. The van der Waals surface area contributed by atoms with Crippen LogP contribution in [0.5, 0.6) is 0 Å². The molecule has 0 radical (unpaired) electrons. The predicted octanol–water partition coefficient (Wildman–Crippen LogP) is 1.64. The van der Waals surface area contributed by atoms with Crippen LogP contribution >= 0.6 is 0 Å². The van der Waals surface area contributed by atoms with Crippen molar-refractivity contribution in [2.75, 3.05) is 13.6 Å². The van der Waals surface area contributed by atoms with Gasteiger partial charge in [0, 0.05) is 19.8 Å². The third kappa shape index (κ3) is 1.38. The molecule has 0 aliphatic carbocycles. The van der Waals surface area contributed by atoms with Crippen LogP contribution in [-0.4, -0.2) is 24.3 Å². The molecule has 2 heteroatoms. The highest BCUT2D eigenvalue weighted by atomic mass is 15.2. The van der Waals surface area contributed by atoms with E-state index in [1.54, 1.807) is 0 Å². The quantitative estimate of drug-likeness (QED) is 0.538. The molecule has 10 heavy (non-hydrogen) atoms. The van der Waals surface area contributed by atoms with Crippen molar-refractivity contribution in [1.82, 2.24) is 4.90 Å². The van der Waals surface area contributed by atoms with Crippen LogP contribution in [0.3, 0.4) is 0 Å². The molecule has 1 aliphatic rings. The van der Waals surface area contributed by atoms with Gasteiger partial charge in [-0.25, -0.2) is 4.99 Å². The molecule has 0 bridgehead atoms. The van der Waals surface area contributed by atoms with E-state index in [1.807, 2.05) is 13.1 Å². The van der Waals surface area contributed by atoms with Crippen LogP contribution in [0.25, 0.3) is 0 Å². The van der Waals surface area contributed by atoms with Crippen LogP contribution in [0.15, 0.2) is 16.8 Å². The van der Waals surface area contributed by atoms with Crippen molar-refractivity contribution in [3.63, 3.8) is 0 Å². The van der Waals surface area contributed by atoms with E-state index < -0.39 is 0 Å². The van der Waals surface area contributed by atoms with Gasteiger partial charge < -0.3 is 4.90 Å². The van der Waals surface area contributed by atoms with Crippen molar-refractivity contribution >= 4 is 5.84 Å². The van der Waals surface area contributed by atoms with Gasteiger partial charge in [-0.15, -0.1) is 0 Å². The standard InChI is InChI=1S/C8H14N2/c1-4-8-5-9-7(2)10(3)6-8/h5H,4,6H2,1-3H3. The first-order valence-corrected chi connectivity index (χ1v) is 3.67. The summed E-state index contributed by atoms with van der Waals surface area (Å²) in [7, 11) is 2.07. The lowest BCUT2D eigenvalue weighted by molar-refractivity contribution is 0.529. The van der Waals surface area contributed by atoms with Gasteiger partial charge in [0.05, 0.1) is 0 Å². The van der Waals surface area contributed by atoms with Gasteiger partial charge in [0.1, 0.15) is 5.84 Å². The van der Waals surface area contributed by atoms with Crippen LogP contribution in [0.1, 0.15) is 20.3 Å². The number of nitrogens with zero attached hydrogens (tertiary/aromatic N) is 2. The predicted molar refractivity (Wildman–Crippen MR) is 44.1 cm³/mol. The van der Waals surface area contributed by atoms with Gasteiger partial charge in [-0.05, 0) is 18.9 Å². The normalized spacial score (nSPS) is 18.5. The summed E-state index contributed by atoms with van der Waals surface area (Å²) in [6.45, 7) is 5.24. The maximum Gasteiger partial charge on any atom is 0.101 e. The van der Waals surface area contributed by atoms with Crippen molar-refractivity contribution in [3.8, 4) is 0 Å². The average Bonchev–Trinajstić information content (AvgIpc) is 1.95. The zero-order chi connectivity index (χ0) is 7.56. The number of amidine groups is 1. The molecule has 0 saturated heterocycles. The molecular weight excluding hydrogens is 124 g/mol. The lowest BCUT2D eigenvalue weighted by atomic mass is 10.2. The fourth-order valence-electron chi connectivity index (χ4n) is 0.946. The summed E-state index contributed by atoms with van der Waals surface area (Å²) in [4.78, 5) is 6.41. The Morgan fingerprint density at radius 3 is 2.90 bits per heavy atom. The molecule has 0 aromatic heterocycles. The molecule has 1 heterocycles. The summed E-state index contributed by atoms with van der Waals surface area (Å²) >= 11 is 0. The fraction of sp³-hybridized carbons (Fsp3) is 0.625. The minimum Gasteiger partial charge on any atom is -0.359 e. The summed E-state index contributed by atoms with van der Waals surface area (Å²) in [6.07, 6.45) is 3.09. The summed E-state index contributed by atoms with van der Waals surface area (Å²) in [6, 6.07) is 0. The Balaban J connectivity index is 2.68. The topological polar surface area (TPSA) is 15.6 Å². The molecule has 0 unspecified atom stereocenters. The second-order valence-corrected chi connectivity index (χ2v) is 2.67. The molecule has 0 fully saturated rings. The van der Waals surface area contributed by atoms with Crippen LogP contribution in [0, 0.1) is 0 Å². The largest absolute Gasteiger partial charge is 0.359 e. The SMILES string of the molecule is CCC1=CN=C(C)N(C)C1. The monoisotopic (exact) mass is 138 g/mol. The van der Waals surface area contributed by atoms with E-state index in [2.05, 4.69) is 23.9 Å². The molecule has 0 aromatic rings. The molecule has 0 amide bonds. The summed E-state index contributed by atoms with van der Waals surface area (Å²) in [5, 5.41) is 0. The second-order valence-electron chi connectivity index (χ2n) is 2.67. The Hall–Kier alpha value is -0.790. The molecule has 1 aliphatic heterocycles. The molecule has 2 nitrogen and oxygen atoms in total. The summed E-state index contributed by atoms with van der Waals surface area (Å²) in [5.41, 5.74) is 1.41. The Bertz CT molecular complexity index is 180. The van der Waals surface area contributed by atoms with Crippen molar-refractivity contribution in [1.29, 1.82) is 0 Å². The molecule has 0 atom stereocenters. The van der Waals surface area contributed by atoms with Crippen molar-refractivity contribution < 1.29 is 0 Å². The first kappa shape index (κ1) is 7.32. The molecular formula is C8H14N2. The smallest absolute Gasteiger partial charge is 0.101 e. The first-order valence-electron chi connectivity index (χ1n) is 3.67. The lowest BCUT2D eigenvalue weighted by Gasteiger charge is -2.22. The number of hydrogen-bond acceptors (Lipinski definition) is 2. The number of hydrogen-bond donors (Lipinski definition) is 0. The van der Waals surface area contributed by atoms with E-state index in [0.717, 1.165) is 18.8 Å². The molecule has 0 saturated carbocycles. The number of rotatable bonds is 1. The van der Waals surface area contributed by atoms with Crippen LogP contribution in [0.2, 0.25) is 0 Å². The van der Waals surface area contributed by atoms with Gasteiger partial charge in [-0.2, -0.15) is 0 Å². The number of likely N-dealkylation sites (N-methyl/N-ethyl adjacent to an activating group) is 1. The van der Waals surface area contributed by atoms with Gasteiger partial charge in [0.15, 0.2) is 0 Å². The van der Waals surface area contributed by atoms with Crippen molar-refractivity contribution in [2.24, 2.45) is 4.99 Å². The van der Waals surface area contributed by atoms with E-state index in [0.29, 0.717) is 0 Å². The van der Waals surface area contributed by atoms with Crippen molar-refractivity contribution in [2.45, 2.75) is 20.3 Å².